The number of methoxy groups -OCH3 is 1. The molecule has 0 bridgehead atoms. The second-order valence-electron chi connectivity index (χ2n) is 10.9. The molecule has 182 valence electrons. The average molecular weight is 485 g/mol. The fraction of sp³-hybridized carbons (Fsp3) is 0.556. The molecule has 1 heterocycles. The number of ether oxygens (including phenoxy) is 1. The van der Waals surface area contributed by atoms with Gasteiger partial charge in [0.1, 0.15) is 5.82 Å². The van der Waals surface area contributed by atoms with Crippen LogP contribution in [0.2, 0.25) is 0 Å². The number of rotatable bonds is 8. The predicted octanol–water partition coefficient (Wildman–Crippen LogP) is 4.12. The number of fused-ring (bicyclic) bond motifs is 2. The molecule has 0 radical (unpaired) electrons. The summed E-state index contributed by atoms with van der Waals surface area (Å²) in [6.07, 6.45) is 4.18. The van der Waals surface area contributed by atoms with Crippen molar-refractivity contribution in [3.8, 4) is 0 Å². The normalized spacial score (nSPS) is 29.6. The third-order valence-electron chi connectivity index (χ3n) is 8.94. The van der Waals surface area contributed by atoms with Crippen molar-refractivity contribution < 1.29 is 17.5 Å². The maximum absolute atomic E-state index is 14.6. The van der Waals surface area contributed by atoms with E-state index in [-0.39, 0.29) is 22.1 Å². The highest BCUT2D eigenvalue weighted by molar-refractivity contribution is 7.93. The number of halogens is 1. The lowest BCUT2D eigenvalue weighted by atomic mass is 9.87. The summed E-state index contributed by atoms with van der Waals surface area (Å²) in [4.78, 5) is 2.52. The van der Waals surface area contributed by atoms with Gasteiger partial charge in [-0.05, 0) is 66.0 Å². The summed E-state index contributed by atoms with van der Waals surface area (Å²) in [5.41, 5.74) is 3.82. The van der Waals surface area contributed by atoms with Crippen LogP contribution in [0.1, 0.15) is 42.9 Å². The van der Waals surface area contributed by atoms with Crippen LogP contribution in [0.25, 0.3) is 0 Å². The molecular formula is C27H33FN2O3S. The van der Waals surface area contributed by atoms with Gasteiger partial charge in [0, 0.05) is 45.0 Å². The van der Waals surface area contributed by atoms with E-state index in [0.29, 0.717) is 30.4 Å². The van der Waals surface area contributed by atoms with Crippen molar-refractivity contribution in [3.05, 3.63) is 65.0 Å². The summed E-state index contributed by atoms with van der Waals surface area (Å²) in [7, 11) is -1.59. The van der Waals surface area contributed by atoms with E-state index in [0.717, 1.165) is 44.5 Å². The van der Waals surface area contributed by atoms with Crippen LogP contribution < -0.4 is 4.72 Å². The first-order valence-corrected chi connectivity index (χ1v) is 14.0. The number of likely N-dealkylation sites (tertiary alicyclic amines) is 1. The number of piperidine rings is 1. The molecule has 4 aliphatic rings. The van der Waals surface area contributed by atoms with E-state index in [9.17, 15) is 12.8 Å². The Labute approximate surface area is 201 Å². The Morgan fingerprint density at radius 1 is 1.09 bits per heavy atom. The van der Waals surface area contributed by atoms with Gasteiger partial charge >= 0.3 is 0 Å². The Balaban J connectivity index is 1.18. The lowest BCUT2D eigenvalue weighted by Gasteiger charge is -2.35. The number of hydrogen-bond donors (Lipinski definition) is 1. The molecule has 34 heavy (non-hydrogen) atoms. The van der Waals surface area contributed by atoms with Gasteiger partial charge in [0.2, 0.25) is 10.0 Å². The molecular weight excluding hydrogens is 451 g/mol. The first-order chi connectivity index (χ1) is 16.3. The standard InChI is InChI=1S/C27H33FN2O3S/c1-3-27(20-10-21(28)12-22(11-20)29-34(31,32)23-8-9-23)24-15-30(16-25(24)27)17-26(33-2)13-18-6-4-5-7-19(18)14-26/h4-7,10-12,23-25,29H,3,8-9,13-17H2,1-2H3/t24-,25?,27?/m1/s1. The smallest absolute Gasteiger partial charge is 0.235 e. The van der Waals surface area contributed by atoms with E-state index in [1.807, 2.05) is 13.2 Å². The number of sulfonamides is 1. The molecule has 2 saturated carbocycles. The molecule has 3 fully saturated rings. The summed E-state index contributed by atoms with van der Waals surface area (Å²) in [6.45, 7) is 5.02. The number of hydrogen-bond acceptors (Lipinski definition) is 4. The van der Waals surface area contributed by atoms with E-state index in [1.165, 1.54) is 17.2 Å². The van der Waals surface area contributed by atoms with Crippen molar-refractivity contribution in [2.45, 2.75) is 55.3 Å². The van der Waals surface area contributed by atoms with Crippen molar-refractivity contribution in [3.63, 3.8) is 0 Å². The molecule has 3 aliphatic carbocycles. The van der Waals surface area contributed by atoms with Crippen LogP contribution in [0.5, 0.6) is 0 Å². The van der Waals surface area contributed by atoms with Crippen molar-refractivity contribution in [2.75, 3.05) is 31.5 Å². The van der Waals surface area contributed by atoms with E-state index >= 15 is 0 Å². The number of nitrogens with one attached hydrogen (secondary N) is 1. The summed E-state index contributed by atoms with van der Waals surface area (Å²) >= 11 is 0. The van der Waals surface area contributed by atoms with Crippen LogP contribution in [0.4, 0.5) is 10.1 Å². The highest BCUT2D eigenvalue weighted by Crippen LogP contribution is 2.65. The highest BCUT2D eigenvalue weighted by Gasteiger charge is 2.67. The Hall–Kier alpha value is -1.96. The van der Waals surface area contributed by atoms with Crippen LogP contribution in [0.3, 0.4) is 0 Å². The van der Waals surface area contributed by atoms with Crippen LogP contribution in [0, 0.1) is 17.7 Å². The van der Waals surface area contributed by atoms with E-state index in [2.05, 4.69) is 40.8 Å². The quantitative estimate of drug-likeness (QED) is 0.612. The van der Waals surface area contributed by atoms with Crippen molar-refractivity contribution in [2.24, 2.45) is 11.8 Å². The average Bonchev–Trinajstić information content (AvgIpc) is 3.67. The molecule has 2 aromatic rings. The van der Waals surface area contributed by atoms with Crippen LogP contribution in [0.15, 0.2) is 42.5 Å². The maximum atomic E-state index is 14.6. The van der Waals surface area contributed by atoms with E-state index in [4.69, 9.17) is 4.74 Å². The Morgan fingerprint density at radius 3 is 2.29 bits per heavy atom. The molecule has 7 heteroatoms. The third kappa shape index (κ3) is 3.59. The Bertz CT molecular complexity index is 1190. The largest absolute Gasteiger partial charge is 0.376 e. The molecule has 2 aromatic carbocycles. The monoisotopic (exact) mass is 484 g/mol. The van der Waals surface area contributed by atoms with Gasteiger partial charge in [0.25, 0.3) is 0 Å². The first-order valence-electron chi connectivity index (χ1n) is 12.5. The summed E-state index contributed by atoms with van der Waals surface area (Å²) in [5, 5.41) is -0.331. The van der Waals surface area contributed by atoms with Crippen molar-refractivity contribution in [1.82, 2.24) is 4.90 Å². The third-order valence-corrected chi connectivity index (χ3v) is 10.8. The van der Waals surface area contributed by atoms with Gasteiger partial charge in [-0.1, -0.05) is 31.2 Å². The van der Waals surface area contributed by atoms with Crippen LogP contribution in [-0.4, -0.2) is 50.9 Å². The first kappa shape index (κ1) is 22.5. The SMILES string of the molecule is CCC1(c2cc(F)cc(NS(=O)(=O)C3CC3)c2)C2CN(CC3(OC)Cc4ccccc4C3)C[C@H]21. The lowest BCUT2D eigenvalue weighted by Crippen LogP contribution is -2.46. The number of anilines is 1. The lowest BCUT2D eigenvalue weighted by molar-refractivity contribution is -0.0276. The molecule has 6 rings (SSSR count). The van der Waals surface area contributed by atoms with Gasteiger partial charge in [-0.25, -0.2) is 12.8 Å². The molecule has 2 unspecified atom stereocenters. The topological polar surface area (TPSA) is 58.6 Å². The molecule has 1 saturated heterocycles. The van der Waals surface area contributed by atoms with Gasteiger partial charge in [-0.2, -0.15) is 0 Å². The van der Waals surface area contributed by atoms with Gasteiger partial charge in [0.15, 0.2) is 0 Å². The van der Waals surface area contributed by atoms with Crippen LogP contribution >= 0.6 is 0 Å². The predicted molar refractivity (Wildman–Crippen MR) is 131 cm³/mol. The number of nitrogens with zero attached hydrogens (tertiary/aromatic N) is 1. The molecule has 5 nitrogen and oxygen atoms in total. The molecule has 0 spiro atoms. The van der Waals surface area contributed by atoms with Crippen molar-refractivity contribution >= 4 is 15.7 Å². The Kier molecular flexibility index (Phi) is 5.14. The van der Waals surface area contributed by atoms with Gasteiger partial charge < -0.3 is 4.74 Å². The molecule has 1 N–H and O–H groups in total. The zero-order valence-corrected chi connectivity index (χ0v) is 20.7. The van der Waals surface area contributed by atoms with Gasteiger partial charge in [-0.3, -0.25) is 9.62 Å². The highest BCUT2D eigenvalue weighted by atomic mass is 32.2. The summed E-state index contributed by atoms with van der Waals surface area (Å²) < 4.78 is 48.2. The van der Waals surface area contributed by atoms with Crippen LogP contribution in [-0.2, 0) is 33.0 Å². The zero-order chi connectivity index (χ0) is 23.7. The maximum Gasteiger partial charge on any atom is 0.235 e. The second-order valence-corrected chi connectivity index (χ2v) is 12.8. The fourth-order valence-corrected chi connectivity index (χ4v) is 8.40. The minimum atomic E-state index is -3.42. The molecule has 1 aliphatic heterocycles. The Morgan fingerprint density at radius 2 is 1.74 bits per heavy atom. The van der Waals surface area contributed by atoms with E-state index in [1.54, 1.807) is 6.07 Å². The van der Waals surface area contributed by atoms with Crippen molar-refractivity contribution in [1.29, 1.82) is 0 Å². The summed E-state index contributed by atoms with van der Waals surface area (Å²) in [5.74, 6) is 0.553. The molecule has 0 aromatic heterocycles. The number of benzene rings is 2. The molecule has 3 atom stereocenters. The van der Waals surface area contributed by atoms with Gasteiger partial charge in [0.05, 0.1) is 16.5 Å². The summed E-state index contributed by atoms with van der Waals surface area (Å²) in [6, 6.07) is 13.4. The zero-order valence-electron chi connectivity index (χ0n) is 19.9. The second kappa shape index (κ2) is 7.77. The minimum absolute atomic E-state index is 0.0722. The molecule has 0 amide bonds. The van der Waals surface area contributed by atoms with Gasteiger partial charge in [-0.15, -0.1) is 0 Å². The minimum Gasteiger partial charge on any atom is -0.376 e. The fourth-order valence-electron chi connectivity index (χ4n) is 7.03. The van der Waals surface area contributed by atoms with E-state index < -0.39 is 10.0 Å².